The van der Waals surface area contributed by atoms with Crippen LogP contribution in [0.4, 0.5) is 5.69 Å². The molecule has 3 nitrogen and oxygen atoms in total. The lowest BCUT2D eigenvalue weighted by Crippen LogP contribution is -2.26. The van der Waals surface area contributed by atoms with Crippen LogP contribution < -0.4 is 16.6 Å². The second-order valence-electron chi connectivity index (χ2n) is 4.85. The van der Waals surface area contributed by atoms with E-state index < -0.39 is 0 Å². The van der Waals surface area contributed by atoms with E-state index in [0.717, 1.165) is 17.1 Å². The standard InChI is InChI=1S/C15H16ClN3/c16-12-5-1-3-10(7-12)14-9-15(19-18-14)11-4-2-6-13(17)8-11/h1-8,14-15,18-19H,9,17H2. The number of hydrazine groups is 1. The van der Waals surface area contributed by atoms with Crippen molar-refractivity contribution < 1.29 is 0 Å². The summed E-state index contributed by atoms with van der Waals surface area (Å²) < 4.78 is 0. The fourth-order valence-corrected chi connectivity index (χ4v) is 2.69. The molecule has 98 valence electrons. The van der Waals surface area contributed by atoms with Gasteiger partial charge >= 0.3 is 0 Å². The van der Waals surface area contributed by atoms with E-state index in [-0.39, 0.29) is 12.1 Å². The highest BCUT2D eigenvalue weighted by atomic mass is 35.5. The van der Waals surface area contributed by atoms with Crippen LogP contribution in [-0.4, -0.2) is 0 Å². The van der Waals surface area contributed by atoms with Gasteiger partial charge in [-0.1, -0.05) is 35.9 Å². The number of nitrogen functional groups attached to an aromatic ring is 1. The van der Waals surface area contributed by atoms with Crippen molar-refractivity contribution in [1.29, 1.82) is 0 Å². The van der Waals surface area contributed by atoms with Gasteiger partial charge < -0.3 is 5.73 Å². The minimum atomic E-state index is 0.269. The van der Waals surface area contributed by atoms with Gasteiger partial charge in [0.1, 0.15) is 0 Å². The summed E-state index contributed by atoms with van der Waals surface area (Å²) in [6, 6.07) is 16.5. The molecule has 0 radical (unpaired) electrons. The molecule has 4 N–H and O–H groups in total. The molecule has 0 aliphatic carbocycles. The van der Waals surface area contributed by atoms with E-state index in [4.69, 9.17) is 17.3 Å². The van der Waals surface area contributed by atoms with Crippen LogP contribution in [0, 0.1) is 0 Å². The smallest absolute Gasteiger partial charge is 0.0482 e. The molecule has 2 unspecified atom stereocenters. The van der Waals surface area contributed by atoms with Crippen molar-refractivity contribution in [1.82, 2.24) is 10.9 Å². The third-order valence-electron chi connectivity index (χ3n) is 3.47. The van der Waals surface area contributed by atoms with Gasteiger partial charge in [-0.25, -0.2) is 10.9 Å². The van der Waals surface area contributed by atoms with Gasteiger partial charge in [0.25, 0.3) is 0 Å². The molecule has 4 heteroatoms. The summed E-state index contributed by atoms with van der Waals surface area (Å²) in [5.74, 6) is 0. The highest BCUT2D eigenvalue weighted by molar-refractivity contribution is 6.30. The number of anilines is 1. The van der Waals surface area contributed by atoms with E-state index >= 15 is 0 Å². The first-order valence-electron chi connectivity index (χ1n) is 6.34. The van der Waals surface area contributed by atoms with E-state index in [2.05, 4.69) is 23.0 Å². The number of benzene rings is 2. The average Bonchev–Trinajstić information content (AvgIpc) is 2.88. The lowest BCUT2D eigenvalue weighted by molar-refractivity contribution is 0.555. The summed E-state index contributed by atoms with van der Waals surface area (Å²) in [6.07, 6.45) is 0.976. The molecule has 2 aromatic rings. The lowest BCUT2D eigenvalue weighted by atomic mass is 9.97. The van der Waals surface area contributed by atoms with Crippen LogP contribution in [0.1, 0.15) is 29.6 Å². The fourth-order valence-electron chi connectivity index (χ4n) is 2.49. The van der Waals surface area contributed by atoms with Crippen LogP contribution in [0.25, 0.3) is 0 Å². The number of rotatable bonds is 2. The molecule has 2 atom stereocenters. The van der Waals surface area contributed by atoms with E-state index in [9.17, 15) is 0 Å². The molecule has 1 heterocycles. The topological polar surface area (TPSA) is 50.1 Å². The Bertz CT molecular complexity index is 534. The Morgan fingerprint density at radius 2 is 1.58 bits per heavy atom. The van der Waals surface area contributed by atoms with Crippen LogP contribution in [0.5, 0.6) is 0 Å². The van der Waals surface area contributed by atoms with Crippen molar-refractivity contribution in [2.24, 2.45) is 0 Å². The van der Waals surface area contributed by atoms with Crippen molar-refractivity contribution in [2.45, 2.75) is 18.5 Å². The first kappa shape index (κ1) is 12.5. The predicted molar refractivity (Wildman–Crippen MR) is 78.7 cm³/mol. The average molecular weight is 274 g/mol. The molecule has 2 aromatic carbocycles. The Morgan fingerprint density at radius 1 is 0.947 bits per heavy atom. The first-order chi connectivity index (χ1) is 9.22. The normalized spacial score (nSPS) is 22.6. The first-order valence-corrected chi connectivity index (χ1v) is 6.72. The molecule has 0 amide bonds. The van der Waals surface area contributed by atoms with E-state index in [1.165, 1.54) is 11.1 Å². The van der Waals surface area contributed by atoms with Gasteiger partial charge in [-0.15, -0.1) is 0 Å². The van der Waals surface area contributed by atoms with Crippen LogP contribution in [-0.2, 0) is 0 Å². The highest BCUT2D eigenvalue weighted by Gasteiger charge is 2.26. The molecule has 0 aromatic heterocycles. The molecule has 0 saturated carbocycles. The largest absolute Gasteiger partial charge is 0.399 e. The van der Waals surface area contributed by atoms with Crippen LogP contribution in [0.2, 0.25) is 5.02 Å². The molecule has 0 spiro atoms. The minimum Gasteiger partial charge on any atom is -0.399 e. The van der Waals surface area contributed by atoms with Gasteiger partial charge in [0.05, 0.1) is 0 Å². The van der Waals surface area contributed by atoms with Gasteiger partial charge in [0.15, 0.2) is 0 Å². The molecule has 1 fully saturated rings. The van der Waals surface area contributed by atoms with E-state index in [1.54, 1.807) is 0 Å². The van der Waals surface area contributed by atoms with Gasteiger partial charge in [-0.05, 0) is 41.8 Å². The zero-order valence-corrected chi connectivity index (χ0v) is 11.2. The maximum Gasteiger partial charge on any atom is 0.0482 e. The van der Waals surface area contributed by atoms with Crippen LogP contribution in [0.3, 0.4) is 0 Å². The number of halogens is 1. The van der Waals surface area contributed by atoms with Crippen molar-refractivity contribution in [3.8, 4) is 0 Å². The summed E-state index contributed by atoms with van der Waals surface area (Å²) in [4.78, 5) is 0. The second kappa shape index (κ2) is 5.21. The number of nitrogens with one attached hydrogen (secondary N) is 2. The van der Waals surface area contributed by atoms with Crippen molar-refractivity contribution in [3.63, 3.8) is 0 Å². The van der Waals surface area contributed by atoms with E-state index in [0.29, 0.717) is 0 Å². The molecule has 1 aliphatic heterocycles. The third kappa shape index (κ3) is 2.73. The summed E-state index contributed by atoms with van der Waals surface area (Å²) in [5, 5.41) is 0.770. The maximum absolute atomic E-state index is 6.03. The van der Waals surface area contributed by atoms with Gasteiger partial charge in [0, 0.05) is 22.8 Å². The Kier molecular flexibility index (Phi) is 3.42. The minimum absolute atomic E-state index is 0.269. The van der Waals surface area contributed by atoms with Crippen LogP contribution in [0.15, 0.2) is 48.5 Å². The van der Waals surface area contributed by atoms with Gasteiger partial charge in [-0.2, -0.15) is 0 Å². The third-order valence-corrected chi connectivity index (χ3v) is 3.70. The number of hydrogen-bond donors (Lipinski definition) is 3. The fraction of sp³-hybridized carbons (Fsp3) is 0.200. The summed E-state index contributed by atoms with van der Waals surface area (Å²) in [6.45, 7) is 0. The summed E-state index contributed by atoms with van der Waals surface area (Å²) in [7, 11) is 0. The quantitative estimate of drug-likeness (QED) is 0.737. The molecule has 1 saturated heterocycles. The van der Waals surface area contributed by atoms with E-state index in [1.807, 2.05) is 36.4 Å². The second-order valence-corrected chi connectivity index (χ2v) is 5.29. The van der Waals surface area contributed by atoms with Crippen molar-refractivity contribution in [3.05, 3.63) is 64.7 Å². The Hall–Kier alpha value is -1.55. The zero-order valence-electron chi connectivity index (χ0n) is 10.4. The molecule has 3 rings (SSSR count). The van der Waals surface area contributed by atoms with Gasteiger partial charge in [-0.3, -0.25) is 0 Å². The SMILES string of the molecule is Nc1cccc(C2CC(c3cccc(Cl)c3)NN2)c1. The molecular formula is C15H16ClN3. The lowest BCUT2D eigenvalue weighted by Gasteiger charge is -2.11. The number of hydrogen-bond acceptors (Lipinski definition) is 3. The monoisotopic (exact) mass is 273 g/mol. The molecule has 19 heavy (non-hydrogen) atoms. The molecular weight excluding hydrogens is 258 g/mol. The summed E-state index contributed by atoms with van der Waals surface area (Å²) in [5.41, 5.74) is 15.7. The van der Waals surface area contributed by atoms with Gasteiger partial charge in [0.2, 0.25) is 0 Å². The maximum atomic E-state index is 6.03. The zero-order chi connectivity index (χ0) is 13.2. The van der Waals surface area contributed by atoms with Crippen LogP contribution >= 0.6 is 11.6 Å². The Labute approximate surface area is 117 Å². The molecule has 0 bridgehead atoms. The van der Waals surface area contributed by atoms with Crippen molar-refractivity contribution >= 4 is 17.3 Å². The Morgan fingerprint density at radius 3 is 2.21 bits per heavy atom. The molecule has 1 aliphatic rings. The highest BCUT2D eigenvalue weighted by Crippen LogP contribution is 2.32. The van der Waals surface area contributed by atoms with Crippen molar-refractivity contribution in [2.75, 3.05) is 5.73 Å². The number of nitrogens with two attached hydrogens (primary N) is 1. The Balaban J connectivity index is 1.77. The summed E-state index contributed by atoms with van der Waals surface area (Å²) >= 11 is 6.03. The predicted octanol–water partition coefficient (Wildman–Crippen LogP) is 3.20.